The number of hydrogen-bond donors (Lipinski definition) is 1. The van der Waals surface area contributed by atoms with E-state index >= 15 is 0 Å². The first-order chi connectivity index (χ1) is 18.0. The molecule has 0 aromatic heterocycles. The molecular weight excluding hydrogens is 504 g/mol. The lowest BCUT2D eigenvalue weighted by molar-refractivity contribution is 0.100. The molecule has 1 amide bonds. The van der Waals surface area contributed by atoms with E-state index in [0.29, 0.717) is 29.8 Å². The fourth-order valence-corrected chi connectivity index (χ4v) is 6.94. The lowest BCUT2D eigenvalue weighted by Crippen LogP contribution is -2.38. The molecule has 2 aromatic carbocycles. The van der Waals surface area contributed by atoms with Crippen molar-refractivity contribution >= 4 is 33.8 Å². The molecule has 4 atom stereocenters. The molecule has 2 aliphatic heterocycles. The maximum atomic E-state index is 13.1. The normalized spacial score (nSPS) is 28.3. The number of halogens is 1. The molecule has 1 aliphatic carbocycles. The zero-order valence-corrected chi connectivity index (χ0v) is 23.2. The summed E-state index contributed by atoms with van der Waals surface area (Å²) in [5.41, 5.74) is 3.93. The highest BCUT2D eigenvalue weighted by molar-refractivity contribution is 7.75. The van der Waals surface area contributed by atoms with Crippen LogP contribution in [0.3, 0.4) is 0 Å². The zero-order valence-electron chi connectivity index (χ0n) is 21.6. The minimum Gasteiger partial charge on any atom is -0.491 e. The van der Waals surface area contributed by atoms with Crippen LogP contribution in [0.15, 0.2) is 52.9 Å². The molecular formula is C30H37ClN2O3S. The SMILES string of the molecule is C[C@H]1C/C=C/C[C@@H]2CC[C@H]2CN2Cc3ccc(Cl)cc3CCCCOc3ccc(cc32)C(=O)/N=[SH](=O)\C1. The van der Waals surface area contributed by atoms with Crippen molar-refractivity contribution in [2.75, 3.05) is 23.8 Å². The average Bonchev–Trinajstić information content (AvgIpc) is 2.88. The van der Waals surface area contributed by atoms with Crippen molar-refractivity contribution in [3.8, 4) is 5.75 Å². The van der Waals surface area contributed by atoms with Crippen molar-refractivity contribution in [2.45, 2.75) is 58.4 Å². The molecule has 7 heteroatoms. The number of benzene rings is 2. The van der Waals surface area contributed by atoms with Gasteiger partial charge in [0.2, 0.25) is 0 Å². The topological polar surface area (TPSA) is 59.0 Å². The van der Waals surface area contributed by atoms with Crippen LogP contribution < -0.4 is 9.64 Å². The molecule has 5 rings (SSSR count). The van der Waals surface area contributed by atoms with Crippen LogP contribution in [0.25, 0.3) is 0 Å². The van der Waals surface area contributed by atoms with Gasteiger partial charge >= 0.3 is 0 Å². The van der Waals surface area contributed by atoms with Gasteiger partial charge in [-0.05, 0) is 104 Å². The molecule has 3 aliphatic rings. The number of rotatable bonds is 0. The third kappa shape index (κ3) is 6.58. The molecule has 2 bridgehead atoms. The second kappa shape index (κ2) is 12.0. The number of nitrogens with zero attached hydrogens (tertiary/aromatic N) is 2. The van der Waals surface area contributed by atoms with Crippen LogP contribution in [0.5, 0.6) is 5.75 Å². The Morgan fingerprint density at radius 3 is 2.70 bits per heavy atom. The van der Waals surface area contributed by atoms with Crippen LogP contribution in [0.2, 0.25) is 5.02 Å². The minimum atomic E-state index is -1.95. The molecule has 0 saturated heterocycles. The Labute approximate surface area is 227 Å². The summed E-state index contributed by atoms with van der Waals surface area (Å²) in [7, 11) is -1.95. The Kier molecular flexibility index (Phi) is 8.56. The van der Waals surface area contributed by atoms with Gasteiger partial charge in [0.1, 0.15) is 5.75 Å². The van der Waals surface area contributed by atoms with Gasteiger partial charge in [-0.1, -0.05) is 36.7 Å². The maximum absolute atomic E-state index is 13.1. The van der Waals surface area contributed by atoms with Gasteiger partial charge in [-0.2, -0.15) is 4.36 Å². The fourth-order valence-electron chi connectivity index (χ4n) is 5.67. The van der Waals surface area contributed by atoms with Gasteiger partial charge in [-0.25, -0.2) is 0 Å². The summed E-state index contributed by atoms with van der Waals surface area (Å²) in [4.78, 5) is 15.5. The molecule has 37 heavy (non-hydrogen) atoms. The standard InChI is InChI=1S/C30H37ClN2O3S/c1-21-6-2-3-7-22-9-10-25(22)18-33-19-26-11-13-27(31)16-23(26)8-4-5-15-36-29-14-12-24(17-28(29)33)30(34)32-37(35)20-21/h2-3,11-14,16-17,21-22,25,37H,4-10,15,18-20H2,1H3/b3-2+/t21-,22+,25-/m0/s1. The van der Waals surface area contributed by atoms with E-state index in [2.05, 4.69) is 40.5 Å². The van der Waals surface area contributed by atoms with E-state index in [1.807, 2.05) is 18.2 Å². The Bertz CT molecular complexity index is 1250. The predicted molar refractivity (Wildman–Crippen MR) is 152 cm³/mol. The molecule has 2 heterocycles. The first kappa shape index (κ1) is 26.3. The first-order valence-corrected chi connectivity index (χ1v) is 15.4. The predicted octanol–water partition coefficient (Wildman–Crippen LogP) is 6.88. The van der Waals surface area contributed by atoms with Gasteiger partial charge < -0.3 is 9.64 Å². The summed E-state index contributed by atoms with van der Waals surface area (Å²) < 4.78 is 23.0. The van der Waals surface area contributed by atoms with Crippen molar-refractivity contribution in [3.63, 3.8) is 0 Å². The van der Waals surface area contributed by atoms with Gasteiger partial charge in [-0.15, -0.1) is 0 Å². The maximum Gasteiger partial charge on any atom is 0.284 e. The number of aryl methyl sites for hydroxylation is 1. The van der Waals surface area contributed by atoms with Crippen LogP contribution in [0.1, 0.15) is 66.9 Å². The highest BCUT2D eigenvalue weighted by Gasteiger charge is 2.32. The van der Waals surface area contributed by atoms with Gasteiger partial charge in [-0.3, -0.25) is 9.00 Å². The van der Waals surface area contributed by atoms with Gasteiger partial charge in [0.05, 0.1) is 12.3 Å². The quantitative estimate of drug-likeness (QED) is 0.292. The molecule has 0 N–H and O–H groups in total. The van der Waals surface area contributed by atoms with E-state index in [0.717, 1.165) is 61.7 Å². The van der Waals surface area contributed by atoms with Gasteiger partial charge in [0.25, 0.3) is 5.91 Å². The Balaban J connectivity index is 1.58. The van der Waals surface area contributed by atoms with Gasteiger partial charge in [0.15, 0.2) is 0 Å². The minimum absolute atomic E-state index is 0.228. The first-order valence-electron chi connectivity index (χ1n) is 13.6. The third-order valence-electron chi connectivity index (χ3n) is 8.02. The lowest BCUT2D eigenvalue weighted by atomic mass is 9.71. The molecule has 1 fully saturated rings. The van der Waals surface area contributed by atoms with Crippen molar-refractivity contribution in [1.82, 2.24) is 0 Å². The summed E-state index contributed by atoms with van der Waals surface area (Å²) in [6.07, 6.45) is 11.9. The van der Waals surface area contributed by atoms with E-state index in [1.54, 1.807) is 6.07 Å². The van der Waals surface area contributed by atoms with Crippen LogP contribution in [0, 0.1) is 17.8 Å². The second-order valence-corrected chi connectivity index (χ2v) is 12.6. The van der Waals surface area contributed by atoms with Crippen LogP contribution >= 0.6 is 11.6 Å². The summed E-state index contributed by atoms with van der Waals surface area (Å²) in [6, 6.07) is 11.8. The van der Waals surface area contributed by atoms with E-state index in [-0.39, 0.29) is 5.92 Å². The van der Waals surface area contributed by atoms with E-state index in [4.69, 9.17) is 16.3 Å². The van der Waals surface area contributed by atoms with Crippen molar-refractivity contribution < 1.29 is 13.7 Å². The zero-order chi connectivity index (χ0) is 25.8. The number of amides is 1. The molecule has 1 unspecified atom stereocenters. The van der Waals surface area contributed by atoms with Crippen LogP contribution in [-0.2, 0) is 23.6 Å². The monoisotopic (exact) mass is 540 g/mol. The number of carbonyl (C=O) groups excluding carboxylic acids is 1. The van der Waals surface area contributed by atoms with Crippen molar-refractivity contribution in [1.29, 1.82) is 0 Å². The van der Waals surface area contributed by atoms with E-state index in [9.17, 15) is 9.00 Å². The van der Waals surface area contributed by atoms with Crippen LogP contribution in [-0.4, -0.2) is 29.0 Å². The molecule has 0 radical (unpaired) electrons. The molecule has 198 valence electrons. The number of anilines is 1. The highest BCUT2D eigenvalue weighted by Crippen LogP contribution is 2.41. The largest absolute Gasteiger partial charge is 0.491 e. The highest BCUT2D eigenvalue weighted by atomic mass is 35.5. The number of ether oxygens (including phenoxy) is 1. The van der Waals surface area contributed by atoms with E-state index < -0.39 is 16.5 Å². The Hall–Kier alpha value is -2.31. The number of hydrogen-bond acceptors (Lipinski definition) is 4. The smallest absolute Gasteiger partial charge is 0.284 e. The molecule has 2 aromatic rings. The Morgan fingerprint density at radius 1 is 1.03 bits per heavy atom. The van der Waals surface area contributed by atoms with E-state index in [1.165, 1.54) is 24.0 Å². The summed E-state index contributed by atoms with van der Waals surface area (Å²) in [5.74, 6) is 2.28. The van der Waals surface area contributed by atoms with Crippen LogP contribution in [0.4, 0.5) is 5.69 Å². The molecule has 0 spiro atoms. The number of carbonyl (C=O) groups is 1. The Morgan fingerprint density at radius 2 is 1.86 bits per heavy atom. The number of thiol groups is 1. The third-order valence-corrected chi connectivity index (χ3v) is 9.59. The van der Waals surface area contributed by atoms with Crippen molar-refractivity contribution in [3.05, 3.63) is 70.3 Å². The molecule has 1 saturated carbocycles. The summed E-state index contributed by atoms with van der Waals surface area (Å²) >= 11 is 6.38. The number of allylic oxidation sites excluding steroid dienone is 2. The second-order valence-electron chi connectivity index (χ2n) is 10.9. The van der Waals surface area contributed by atoms with Crippen molar-refractivity contribution in [2.24, 2.45) is 22.1 Å². The average molecular weight is 541 g/mol. The molecule has 5 nitrogen and oxygen atoms in total. The van der Waals surface area contributed by atoms with Gasteiger partial charge in [0, 0.05) is 40.0 Å². The summed E-state index contributed by atoms with van der Waals surface area (Å²) in [5, 5.41) is 0.766. The lowest BCUT2D eigenvalue weighted by Gasteiger charge is -2.41. The summed E-state index contributed by atoms with van der Waals surface area (Å²) in [6.45, 7) is 4.32. The fraction of sp³-hybridized carbons (Fsp3) is 0.500. The number of fused-ring (bicyclic) bond motifs is 3.